The van der Waals surface area contributed by atoms with E-state index in [1.165, 1.54) is 0 Å². The summed E-state index contributed by atoms with van der Waals surface area (Å²) in [6.45, 7) is 7.27. The molecule has 0 saturated heterocycles. The zero-order valence-electron chi connectivity index (χ0n) is 11.7. The molecule has 1 unspecified atom stereocenters. The molecule has 0 aromatic heterocycles. The summed E-state index contributed by atoms with van der Waals surface area (Å²) < 4.78 is 11.6. The fourth-order valence-corrected chi connectivity index (χ4v) is 2.75. The molecule has 1 heterocycles. The van der Waals surface area contributed by atoms with Gasteiger partial charge < -0.3 is 14.6 Å². The van der Waals surface area contributed by atoms with E-state index in [0.717, 1.165) is 23.3 Å². The number of hydrogen-bond acceptors (Lipinski definition) is 3. The zero-order chi connectivity index (χ0) is 14.0. The van der Waals surface area contributed by atoms with Crippen molar-refractivity contribution in [3.05, 3.63) is 22.2 Å². The van der Waals surface area contributed by atoms with Gasteiger partial charge in [0, 0.05) is 12.0 Å². The van der Waals surface area contributed by atoms with Crippen LogP contribution in [-0.2, 0) is 6.42 Å². The molecular weight excluding hydrogens is 264 g/mol. The molecule has 0 spiro atoms. The quantitative estimate of drug-likeness (QED) is 0.922. The van der Waals surface area contributed by atoms with Gasteiger partial charge in [0.15, 0.2) is 11.5 Å². The van der Waals surface area contributed by atoms with Gasteiger partial charge in [-0.1, -0.05) is 25.4 Å². The monoisotopic (exact) mass is 284 g/mol. The predicted octanol–water partition coefficient (Wildman–Crippen LogP) is 3.55. The van der Waals surface area contributed by atoms with Gasteiger partial charge in [0.25, 0.3) is 0 Å². The lowest BCUT2D eigenvalue weighted by Crippen LogP contribution is -2.10. The van der Waals surface area contributed by atoms with Gasteiger partial charge in [0.1, 0.15) is 0 Å². The summed E-state index contributed by atoms with van der Waals surface area (Å²) in [5.74, 6) is 1.70. The summed E-state index contributed by atoms with van der Waals surface area (Å²) in [4.78, 5) is 0. The van der Waals surface area contributed by atoms with Crippen molar-refractivity contribution in [3.63, 3.8) is 0 Å². The molecule has 1 aromatic rings. The SMILES string of the molecule is CC(O)Cc1cc(Cl)c2c(c1C(C)C)OCCCO2. The molecule has 19 heavy (non-hydrogen) atoms. The van der Waals surface area contributed by atoms with Gasteiger partial charge in [0.2, 0.25) is 0 Å². The first-order valence-corrected chi connectivity index (χ1v) is 7.17. The Hall–Kier alpha value is -0.930. The Bertz CT molecular complexity index is 455. The summed E-state index contributed by atoms with van der Waals surface area (Å²) in [5.41, 5.74) is 2.14. The highest BCUT2D eigenvalue weighted by atomic mass is 35.5. The van der Waals surface area contributed by atoms with Gasteiger partial charge in [0.05, 0.1) is 24.3 Å². The van der Waals surface area contributed by atoms with Gasteiger partial charge in [-0.3, -0.25) is 0 Å². The maximum atomic E-state index is 9.65. The van der Waals surface area contributed by atoms with Crippen LogP contribution in [-0.4, -0.2) is 24.4 Å². The normalized spacial score (nSPS) is 16.3. The molecule has 0 saturated carbocycles. The Labute approximate surface area is 119 Å². The van der Waals surface area contributed by atoms with Gasteiger partial charge in [-0.05, 0) is 30.9 Å². The van der Waals surface area contributed by atoms with Crippen molar-refractivity contribution in [2.75, 3.05) is 13.2 Å². The number of ether oxygens (including phenoxy) is 2. The Morgan fingerprint density at radius 2 is 1.84 bits per heavy atom. The third-order valence-corrected chi connectivity index (χ3v) is 3.47. The van der Waals surface area contributed by atoms with Crippen LogP contribution >= 0.6 is 11.6 Å². The molecule has 0 amide bonds. The maximum absolute atomic E-state index is 9.65. The minimum Gasteiger partial charge on any atom is -0.489 e. The smallest absolute Gasteiger partial charge is 0.180 e. The first kappa shape index (κ1) is 14.5. The zero-order valence-corrected chi connectivity index (χ0v) is 12.5. The Kier molecular flexibility index (Phi) is 4.58. The summed E-state index contributed by atoms with van der Waals surface area (Å²) in [6, 6.07) is 1.90. The number of halogens is 1. The number of aliphatic hydroxyl groups is 1. The van der Waals surface area contributed by atoms with Crippen molar-refractivity contribution < 1.29 is 14.6 Å². The molecule has 1 atom stereocenters. The highest BCUT2D eigenvalue weighted by Gasteiger charge is 2.24. The number of fused-ring (bicyclic) bond motifs is 1. The van der Waals surface area contributed by atoms with E-state index in [4.69, 9.17) is 21.1 Å². The average molecular weight is 285 g/mol. The first-order valence-electron chi connectivity index (χ1n) is 6.79. The molecule has 106 valence electrons. The van der Waals surface area contributed by atoms with Crippen LogP contribution in [0.4, 0.5) is 0 Å². The molecule has 0 fully saturated rings. The van der Waals surface area contributed by atoms with E-state index in [2.05, 4.69) is 13.8 Å². The first-order chi connectivity index (χ1) is 9.00. The van der Waals surface area contributed by atoms with Crippen LogP contribution in [0.15, 0.2) is 6.07 Å². The molecule has 1 aromatic carbocycles. The number of benzene rings is 1. The maximum Gasteiger partial charge on any atom is 0.180 e. The lowest BCUT2D eigenvalue weighted by molar-refractivity contribution is 0.195. The summed E-state index contributed by atoms with van der Waals surface area (Å²) in [5, 5.41) is 10.2. The molecule has 0 bridgehead atoms. The van der Waals surface area contributed by atoms with E-state index >= 15 is 0 Å². The van der Waals surface area contributed by atoms with Gasteiger partial charge >= 0.3 is 0 Å². The summed E-state index contributed by atoms with van der Waals surface area (Å²) in [7, 11) is 0. The van der Waals surface area contributed by atoms with E-state index in [1.54, 1.807) is 6.92 Å². The second-order valence-electron chi connectivity index (χ2n) is 5.35. The third kappa shape index (κ3) is 3.15. The lowest BCUT2D eigenvalue weighted by atomic mass is 9.92. The summed E-state index contributed by atoms with van der Waals surface area (Å²) in [6.07, 6.45) is 1.02. The molecule has 0 radical (unpaired) electrons. The van der Waals surface area contributed by atoms with Crippen LogP contribution in [0.2, 0.25) is 5.02 Å². The van der Waals surface area contributed by atoms with Crippen LogP contribution < -0.4 is 9.47 Å². The second kappa shape index (κ2) is 6.02. The van der Waals surface area contributed by atoms with E-state index < -0.39 is 6.10 Å². The molecule has 1 aliphatic heterocycles. The topological polar surface area (TPSA) is 38.7 Å². The molecular formula is C15H21ClO3. The van der Waals surface area contributed by atoms with E-state index in [1.807, 2.05) is 6.07 Å². The van der Waals surface area contributed by atoms with Crippen molar-refractivity contribution in [2.45, 2.75) is 45.6 Å². The highest BCUT2D eigenvalue weighted by molar-refractivity contribution is 6.32. The average Bonchev–Trinajstić information content (AvgIpc) is 2.53. The van der Waals surface area contributed by atoms with E-state index in [-0.39, 0.29) is 0 Å². The Morgan fingerprint density at radius 3 is 2.42 bits per heavy atom. The second-order valence-corrected chi connectivity index (χ2v) is 5.75. The van der Waals surface area contributed by atoms with Crippen molar-refractivity contribution in [2.24, 2.45) is 0 Å². The fourth-order valence-electron chi connectivity index (χ4n) is 2.48. The fraction of sp³-hybridized carbons (Fsp3) is 0.600. The highest BCUT2D eigenvalue weighted by Crippen LogP contribution is 2.44. The molecule has 2 rings (SSSR count). The standard InChI is InChI=1S/C15H21ClO3/c1-9(2)13-11(7-10(3)17)8-12(16)14-15(13)19-6-4-5-18-14/h8-10,17H,4-7H2,1-3H3. The molecule has 1 aliphatic rings. The van der Waals surface area contributed by atoms with Gasteiger partial charge in [-0.2, -0.15) is 0 Å². The Balaban J connectivity index is 2.56. The van der Waals surface area contributed by atoms with Crippen LogP contribution in [0.25, 0.3) is 0 Å². The molecule has 1 N–H and O–H groups in total. The summed E-state index contributed by atoms with van der Waals surface area (Å²) >= 11 is 6.29. The van der Waals surface area contributed by atoms with Crippen molar-refractivity contribution >= 4 is 11.6 Å². The largest absolute Gasteiger partial charge is 0.489 e. The lowest BCUT2D eigenvalue weighted by Gasteiger charge is -2.21. The minimum atomic E-state index is -0.404. The molecule has 4 heteroatoms. The third-order valence-electron chi connectivity index (χ3n) is 3.19. The molecule has 0 aliphatic carbocycles. The van der Waals surface area contributed by atoms with Crippen LogP contribution in [0.5, 0.6) is 11.5 Å². The van der Waals surface area contributed by atoms with Crippen molar-refractivity contribution in [3.8, 4) is 11.5 Å². The Morgan fingerprint density at radius 1 is 1.21 bits per heavy atom. The van der Waals surface area contributed by atoms with Crippen LogP contribution in [0, 0.1) is 0 Å². The predicted molar refractivity (Wildman–Crippen MR) is 76.5 cm³/mol. The van der Waals surface area contributed by atoms with Crippen LogP contribution in [0.1, 0.15) is 44.2 Å². The van der Waals surface area contributed by atoms with E-state index in [0.29, 0.717) is 36.3 Å². The van der Waals surface area contributed by atoms with Gasteiger partial charge in [-0.15, -0.1) is 0 Å². The van der Waals surface area contributed by atoms with Crippen LogP contribution in [0.3, 0.4) is 0 Å². The minimum absolute atomic E-state index is 0.293. The number of hydrogen-bond donors (Lipinski definition) is 1. The van der Waals surface area contributed by atoms with E-state index in [9.17, 15) is 5.11 Å². The molecule has 3 nitrogen and oxygen atoms in total. The van der Waals surface area contributed by atoms with Crippen molar-refractivity contribution in [1.29, 1.82) is 0 Å². The van der Waals surface area contributed by atoms with Crippen molar-refractivity contribution in [1.82, 2.24) is 0 Å². The number of rotatable bonds is 3. The number of aliphatic hydroxyl groups excluding tert-OH is 1. The van der Waals surface area contributed by atoms with Gasteiger partial charge in [-0.25, -0.2) is 0 Å².